The summed E-state index contributed by atoms with van der Waals surface area (Å²) in [7, 11) is 0. The zero-order chi connectivity index (χ0) is 15.2. The topological polar surface area (TPSA) is 66.4 Å². The summed E-state index contributed by atoms with van der Waals surface area (Å²) in [5.41, 5.74) is 1.72. The van der Waals surface area contributed by atoms with Crippen molar-refractivity contribution in [2.24, 2.45) is 0 Å². The first-order chi connectivity index (χ1) is 10.0. The van der Waals surface area contributed by atoms with Crippen LogP contribution in [0.25, 0.3) is 0 Å². The van der Waals surface area contributed by atoms with Crippen molar-refractivity contribution in [2.45, 2.75) is 12.8 Å². The maximum Gasteiger partial charge on any atom is 0.335 e. The molecule has 0 radical (unpaired) electrons. The average molecular weight is 348 g/mol. The second-order valence-corrected chi connectivity index (χ2v) is 5.48. The van der Waals surface area contributed by atoms with Crippen LogP contribution < -0.4 is 5.32 Å². The number of rotatable bonds is 5. The van der Waals surface area contributed by atoms with E-state index in [0.29, 0.717) is 18.5 Å². The van der Waals surface area contributed by atoms with E-state index in [4.69, 9.17) is 5.11 Å². The van der Waals surface area contributed by atoms with E-state index in [1.165, 1.54) is 12.1 Å². The Labute approximate surface area is 130 Å². The number of carboxylic acids is 1. The second-order valence-electron chi connectivity index (χ2n) is 4.56. The molecule has 108 valence electrons. The molecule has 0 heterocycles. The van der Waals surface area contributed by atoms with E-state index in [1.807, 2.05) is 24.3 Å². The van der Waals surface area contributed by atoms with Crippen molar-refractivity contribution in [1.82, 2.24) is 0 Å². The fraction of sp³-hybridized carbons (Fsp3) is 0.125. The third kappa shape index (κ3) is 4.72. The van der Waals surface area contributed by atoms with E-state index in [-0.39, 0.29) is 11.5 Å². The maximum atomic E-state index is 11.9. The third-order valence-electron chi connectivity index (χ3n) is 2.92. The van der Waals surface area contributed by atoms with Crippen LogP contribution in [0.2, 0.25) is 0 Å². The van der Waals surface area contributed by atoms with Crippen molar-refractivity contribution >= 4 is 33.5 Å². The van der Waals surface area contributed by atoms with Gasteiger partial charge in [0.15, 0.2) is 0 Å². The van der Waals surface area contributed by atoms with Gasteiger partial charge in [0.25, 0.3) is 0 Å². The highest BCUT2D eigenvalue weighted by molar-refractivity contribution is 9.10. The van der Waals surface area contributed by atoms with Crippen molar-refractivity contribution in [2.75, 3.05) is 5.32 Å². The van der Waals surface area contributed by atoms with E-state index in [2.05, 4.69) is 21.2 Å². The fourth-order valence-electron chi connectivity index (χ4n) is 1.90. The number of halogens is 1. The number of amides is 1. The molecular weight excluding hydrogens is 334 g/mol. The predicted molar refractivity (Wildman–Crippen MR) is 84.5 cm³/mol. The van der Waals surface area contributed by atoms with Crippen molar-refractivity contribution in [3.8, 4) is 0 Å². The van der Waals surface area contributed by atoms with Crippen LogP contribution in [0.4, 0.5) is 5.69 Å². The van der Waals surface area contributed by atoms with Crippen molar-refractivity contribution in [3.05, 3.63) is 64.1 Å². The van der Waals surface area contributed by atoms with E-state index in [1.54, 1.807) is 12.1 Å². The molecule has 2 aromatic carbocycles. The van der Waals surface area contributed by atoms with Crippen LogP contribution in [0, 0.1) is 0 Å². The highest BCUT2D eigenvalue weighted by atomic mass is 79.9. The number of nitrogens with one attached hydrogen (secondary N) is 1. The molecule has 0 aromatic heterocycles. The molecule has 4 nitrogen and oxygen atoms in total. The van der Waals surface area contributed by atoms with Crippen LogP contribution in [0.5, 0.6) is 0 Å². The molecule has 0 aliphatic carbocycles. The van der Waals surface area contributed by atoms with Crippen LogP contribution in [-0.4, -0.2) is 17.0 Å². The predicted octanol–water partition coefficient (Wildman–Crippen LogP) is 3.72. The summed E-state index contributed by atoms with van der Waals surface area (Å²) >= 11 is 3.39. The highest BCUT2D eigenvalue weighted by Gasteiger charge is 2.06. The van der Waals surface area contributed by atoms with Gasteiger partial charge in [0, 0.05) is 16.6 Å². The van der Waals surface area contributed by atoms with Gasteiger partial charge in [0.1, 0.15) is 0 Å². The average Bonchev–Trinajstić information content (AvgIpc) is 2.45. The van der Waals surface area contributed by atoms with Crippen LogP contribution >= 0.6 is 15.9 Å². The maximum absolute atomic E-state index is 11.9. The molecule has 0 aliphatic rings. The van der Waals surface area contributed by atoms with E-state index in [9.17, 15) is 9.59 Å². The number of aromatic carboxylic acids is 1. The lowest BCUT2D eigenvalue weighted by molar-refractivity contribution is -0.116. The number of benzene rings is 2. The second kappa shape index (κ2) is 7.04. The number of aryl methyl sites for hydroxylation is 1. The first-order valence-corrected chi connectivity index (χ1v) is 7.21. The van der Waals surface area contributed by atoms with E-state index < -0.39 is 5.97 Å². The monoisotopic (exact) mass is 347 g/mol. The number of carbonyl (C=O) groups is 2. The molecule has 0 unspecified atom stereocenters. The molecule has 0 atom stereocenters. The zero-order valence-electron chi connectivity index (χ0n) is 11.2. The van der Waals surface area contributed by atoms with Gasteiger partial charge >= 0.3 is 5.97 Å². The lowest BCUT2D eigenvalue weighted by Crippen LogP contribution is -2.12. The molecule has 0 bridgehead atoms. The lowest BCUT2D eigenvalue weighted by atomic mass is 10.1. The molecule has 0 spiro atoms. The van der Waals surface area contributed by atoms with Gasteiger partial charge in [-0.15, -0.1) is 0 Å². The number of hydrogen-bond acceptors (Lipinski definition) is 2. The minimum atomic E-state index is -1.01. The molecule has 0 fully saturated rings. The molecule has 21 heavy (non-hydrogen) atoms. The third-order valence-corrected chi connectivity index (χ3v) is 3.42. The summed E-state index contributed by atoms with van der Waals surface area (Å²) in [5, 5.41) is 11.6. The lowest BCUT2D eigenvalue weighted by Gasteiger charge is -2.06. The Morgan fingerprint density at radius 1 is 1.10 bits per heavy atom. The molecule has 1 amide bonds. The van der Waals surface area contributed by atoms with Crippen molar-refractivity contribution in [1.29, 1.82) is 0 Å². The Morgan fingerprint density at radius 3 is 2.57 bits per heavy atom. The first kappa shape index (κ1) is 15.3. The summed E-state index contributed by atoms with van der Waals surface area (Å²) in [5.74, 6) is -1.15. The Balaban J connectivity index is 1.93. The molecular formula is C16H14BrNO3. The highest BCUT2D eigenvalue weighted by Crippen LogP contribution is 2.14. The minimum absolute atomic E-state index is 0.141. The molecule has 2 rings (SSSR count). The summed E-state index contributed by atoms with van der Waals surface area (Å²) in [6.45, 7) is 0. The molecule has 0 saturated heterocycles. The van der Waals surface area contributed by atoms with Gasteiger partial charge in [0.05, 0.1) is 5.56 Å². The van der Waals surface area contributed by atoms with Crippen molar-refractivity contribution < 1.29 is 14.7 Å². The molecule has 0 aliphatic heterocycles. The Morgan fingerprint density at radius 2 is 1.86 bits per heavy atom. The molecule has 5 heteroatoms. The zero-order valence-corrected chi connectivity index (χ0v) is 12.8. The summed E-state index contributed by atoms with van der Waals surface area (Å²) < 4.78 is 0.981. The summed E-state index contributed by atoms with van der Waals surface area (Å²) in [6.07, 6.45) is 0.970. The van der Waals surface area contributed by atoms with Gasteiger partial charge in [-0.1, -0.05) is 34.1 Å². The van der Waals surface area contributed by atoms with Crippen LogP contribution in [0.3, 0.4) is 0 Å². The minimum Gasteiger partial charge on any atom is -0.478 e. The first-order valence-electron chi connectivity index (χ1n) is 6.42. The van der Waals surface area contributed by atoms with Gasteiger partial charge in [-0.3, -0.25) is 4.79 Å². The van der Waals surface area contributed by atoms with Gasteiger partial charge in [0.2, 0.25) is 5.91 Å². The summed E-state index contributed by atoms with van der Waals surface area (Å²) in [6, 6.07) is 14.0. The standard InChI is InChI=1S/C16H14BrNO3/c17-13-5-1-3-11(9-13)7-8-15(19)18-14-6-2-4-12(10-14)16(20)21/h1-6,9-10H,7-8H2,(H,18,19)(H,20,21). The Bertz CT molecular complexity index is 670. The van der Waals surface area contributed by atoms with Gasteiger partial charge in [-0.25, -0.2) is 4.79 Å². The summed E-state index contributed by atoms with van der Waals surface area (Å²) in [4.78, 5) is 22.7. The number of carboxylic acid groups (broad SMARTS) is 1. The van der Waals surface area contributed by atoms with E-state index >= 15 is 0 Å². The number of anilines is 1. The van der Waals surface area contributed by atoms with Crippen LogP contribution in [0.1, 0.15) is 22.3 Å². The molecule has 0 saturated carbocycles. The smallest absolute Gasteiger partial charge is 0.335 e. The number of hydrogen-bond donors (Lipinski definition) is 2. The Hall–Kier alpha value is -2.14. The fourth-order valence-corrected chi connectivity index (χ4v) is 2.35. The van der Waals surface area contributed by atoms with Gasteiger partial charge in [-0.05, 0) is 42.3 Å². The Kier molecular flexibility index (Phi) is 5.11. The van der Waals surface area contributed by atoms with Gasteiger partial charge in [-0.2, -0.15) is 0 Å². The number of carbonyl (C=O) groups excluding carboxylic acids is 1. The van der Waals surface area contributed by atoms with E-state index in [0.717, 1.165) is 10.0 Å². The van der Waals surface area contributed by atoms with Crippen LogP contribution in [0.15, 0.2) is 53.0 Å². The quantitative estimate of drug-likeness (QED) is 0.866. The van der Waals surface area contributed by atoms with Crippen molar-refractivity contribution in [3.63, 3.8) is 0 Å². The van der Waals surface area contributed by atoms with Crippen LogP contribution in [-0.2, 0) is 11.2 Å². The normalized spacial score (nSPS) is 10.1. The SMILES string of the molecule is O=C(CCc1cccc(Br)c1)Nc1cccc(C(=O)O)c1. The molecule has 2 N–H and O–H groups in total. The van der Waals surface area contributed by atoms with Gasteiger partial charge < -0.3 is 10.4 Å². The molecule has 2 aromatic rings. The largest absolute Gasteiger partial charge is 0.478 e.